The van der Waals surface area contributed by atoms with E-state index in [1.54, 1.807) is 6.07 Å². The van der Waals surface area contributed by atoms with Crippen molar-refractivity contribution in [1.29, 1.82) is 0 Å². The maximum atomic E-state index is 13.3. The molecule has 1 N–H and O–H groups in total. The fourth-order valence-corrected chi connectivity index (χ4v) is 2.54. The number of rotatable bonds is 3. The van der Waals surface area contributed by atoms with Crippen molar-refractivity contribution in [2.45, 2.75) is 13.5 Å². The van der Waals surface area contributed by atoms with Gasteiger partial charge in [0.05, 0.1) is 11.2 Å². The number of nitrogens with one attached hydrogen (secondary N) is 1. The average Bonchev–Trinajstić information content (AvgIpc) is 2.44. The summed E-state index contributed by atoms with van der Waals surface area (Å²) in [4.78, 5) is 4.56. The van der Waals surface area contributed by atoms with Crippen LogP contribution in [0.4, 0.5) is 10.1 Å². The van der Waals surface area contributed by atoms with Crippen molar-refractivity contribution < 1.29 is 4.39 Å². The number of hydrogen-bond acceptors (Lipinski definition) is 2. The molecule has 0 aliphatic heterocycles. The van der Waals surface area contributed by atoms with Crippen LogP contribution in [0.1, 0.15) is 11.3 Å². The Labute approximate surface area is 127 Å². The molecule has 4 heteroatoms. The Hall–Kier alpha value is -2.13. The monoisotopic (exact) mass is 300 g/mol. The molecule has 0 aliphatic carbocycles. The number of nitrogens with zero attached hydrogens (tertiary/aromatic N) is 1. The zero-order valence-corrected chi connectivity index (χ0v) is 12.3. The zero-order valence-electron chi connectivity index (χ0n) is 11.5. The summed E-state index contributed by atoms with van der Waals surface area (Å²) in [6.07, 6.45) is 0. The van der Waals surface area contributed by atoms with Crippen LogP contribution in [0.25, 0.3) is 10.9 Å². The molecule has 1 heterocycles. The van der Waals surface area contributed by atoms with Gasteiger partial charge in [0.25, 0.3) is 0 Å². The normalized spacial score (nSPS) is 10.8. The second-order valence-corrected chi connectivity index (χ2v) is 5.40. The molecule has 1 aromatic heterocycles. The van der Waals surface area contributed by atoms with E-state index in [1.807, 2.05) is 37.3 Å². The summed E-state index contributed by atoms with van der Waals surface area (Å²) in [6.45, 7) is 2.45. The second kappa shape index (κ2) is 5.70. The Bertz CT molecular complexity index is 782. The summed E-state index contributed by atoms with van der Waals surface area (Å²) in [5.74, 6) is -0.328. The minimum atomic E-state index is -0.328. The van der Waals surface area contributed by atoms with Crippen LogP contribution in [-0.4, -0.2) is 4.98 Å². The Morgan fingerprint density at radius 2 is 2.00 bits per heavy atom. The minimum Gasteiger partial charge on any atom is -0.379 e. The van der Waals surface area contributed by atoms with Gasteiger partial charge in [-0.1, -0.05) is 29.8 Å². The van der Waals surface area contributed by atoms with Gasteiger partial charge in [-0.05, 0) is 42.8 Å². The van der Waals surface area contributed by atoms with Crippen LogP contribution in [0.3, 0.4) is 0 Å². The van der Waals surface area contributed by atoms with Gasteiger partial charge in [-0.3, -0.25) is 4.98 Å². The number of anilines is 1. The van der Waals surface area contributed by atoms with E-state index in [0.29, 0.717) is 11.6 Å². The van der Waals surface area contributed by atoms with Crippen LogP contribution in [0.15, 0.2) is 48.5 Å². The first-order chi connectivity index (χ1) is 10.1. The molecule has 0 aliphatic rings. The van der Waals surface area contributed by atoms with E-state index in [0.717, 1.165) is 27.8 Å². The molecule has 0 unspecified atom stereocenters. The predicted octanol–water partition coefficient (Wildman–Crippen LogP) is 4.95. The quantitative estimate of drug-likeness (QED) is 0.740. The smallest absolute Gasteiger partial charge is 0.125 e. The van der Waals surface area contributed by atoms with Crippen molar-refractivity contribution in [3.63, 3.8) is 0 Å². The highest BCUT2D eigenvalue weighted by atomic mass is 35.5. The summed E-state index contributed by atoms with van der Waals surface area (Å²) in [6, 6.07) is 14.5. The van der Waals surface area contributed by atoms with E-state index >= 15 is 0 Å². The predicted molar refractivity (Wildman–Crippen MR) is 85.2 cm³/mol. The van der Waals surface area contributed by atoms with Gasteiger partial charge in [-0.2, -0.15) is 0 Å². The SMILES string of the molecule is Cc1ccc2cccc(NCc3cc(F)cc(Cl)c3)c2n1. The highest BCUT2D eigenvalue weighted by Gasteiger charge is 2.04. The van der Waals surface area contributed by atoms with Crippen LogP contribution in [0, 0.1) is 12.7 Å². The van der Waals surface area contributed by atoms with Crippen molar-refractivity contribution in [3.8, 4) is 0 Å². The van der Waals surface area contributed by atoms with Crippen LogP contribution in [0.2, 0.25) is 5.02 Å². The summed E-state index contributed by atoms with van der Waals surface area (Å²) >= 11 is 5.87. The number of aromatic nitrogens is 1. The molecule has 2 nitrogen and oxygen atoms in total. The number of benzene rings is 2. The zero-order chi connectivity index (χ0) is 14.8. The topological polar surface area (TPSA) is 24.9 Å². The first-order valence-corrected chi connectivity index (χ1v) is 7.05. The van der Waals surface area contributed by atoms with Gasteiger partial charge in [0.2, 0.25) is 0 Å². The van der Waals surface area contributed by atoms with Gasteiger partial charge in [-0.15, -0.1) is 0 Å². The number of fused-ring (bicyclic) bond motifs is 1. The highest BCUT2D eigenvalue weighted by Crippen LogP contribution is 2.23. The van der Waals surface area contributed by atoms with Crippen molar-refractivity contribution in [2.24, 2.45) is 0 Å². The number of halogens is 2. The van der Waals surface area contributed by atoms with E-state index < -0.39 is 0 Å². The van der Waals surface area contributed by atoms with E-state index in [4.69, 9.17) is 11.6 Å². The minimum absolute atomic E-state index is 0.328. The number of para-hydroxylation sites is 1. The highest BCUT2D eigenvalue weighted by molar-refractivity contribution is 6.30. The molecule has 0 bridgehead atoms. The lowest BCUT2D eigenvalue weighted by Crippen LogP contribution is -2.01. The average molecular weight is 301 g/mol. The summed E-state index contributed by atoms with van der Waals surface area (Å²) < 4.78 is 13.3. The molecule has 2 aromatic carbocycles. The molecule has 0 saturated carbocycles. The van der Waals surface area contributed by atoms with Gasteiger partial charge in [0.1, 0.15) is 5.82 Å². The summed E-state index contributed by atoms with van der Waals surface area (Å²) in [7, 11) is 0. The van der Waals surface area contributed by atoms with Crippen LogP contribution < -0.4 is 5.32 Å². The van der Waals surface area contributed by atoms with Gasteiger partial charge in [0.15, 0.2) is 0 Å². The standard InChI is InChI=1S/C17H14ClFN2/c1-11-5-6-13-3-2-4-16(17(13)21-11)20-10-12-7-14(18)9-15(19)8-12/h2-9,20H,10H2,1H3. The van der Waals surface area contributed by atoms with E-state index in [-0.39, 0.29) is 5.82 Å². The molecule has 0 atom stereocenters. The Kier molecular flexibility index (Phi) is 3.76. The third-order valence-corrected chi connectivity index (χ3v) is 3.48. The van der Waals surface area contributed by atoms with Crippen LogP contribution in [0.5, 0.6) is 0 Å². The fourth-order valence-electron chi connectivity index (χ4n) is 2.30. The molecule has 0 radical (unpaired) electrons. The van der Waals surface area contributed by atoms with Gasteiger partial charge < -0.3 is 5.32 Å². The van der Waals surface area contributed by atoms with E-state index in [2.05, 4.69) is 10.3 Å². The Morgan fingerprint density at radius 3 is 2.81 bits per heavy atom. The first-order valence-electron chi connectivity index (χ1n) is 6.67. The van der Waals surface area contributed by atoms with E-state index in [9.17, 15) is 4.39 Å². The Morgan fingerprint density at radius 1 is 1.14 bits per heavy atom. The third kappa shape index (κ3) is 3.14. The summed E-state index contributed by atoms with van der Waals surface area (Å²) in [5, 5.41) is 4.77. The maximum absolute atomic E-state index is 13.3. The van der Waals surface area contributed by atoms with E-state index in [1.165, 1.54) is 12.1 Å². The molecule has 0 saturated heterocycles. The van der Waals surface area contributed by atoms with Crippen LogP contribution in [-0.2, 0) is 6.54 Å². The third-order valence-electron chi connectivity index (χ3n) is 3.26. The fraction of sp³-hybridized carbons (Fsp3) is 0.118. The molecular weight excluding hydrogens is 287 g/mol. The van der Waals surface area contributed by atoms with Gasteiger partial charge in [0, 0.05) is 22.6 Å². The molecule has 106 valence electrons. The molecule has 0 amide bonds. The van der Waals surface area contributed by atoms with Crippen molar-refractivity contribution >= 4 is 28.2 Å². The van der Waals surface area contributed by atoms with Crippen molar-refractivity contribution in [3.05, 3.63) is 70.6 Å². The van der Waals surface area contributed by atoms with Gasteiger partial charge >= 0.3 is 0 Å². The Balaban J connectivity index is 1.89. The molecule has 0 fully saturated rings. The largest absolute Gasteiger partial charge is 0.379 e. The van der Waals surface area contributed by atoms with Crippen LogP contribution >= 0.6 is 11.6 Å². The maximum Gasteiger partial charge on any atom is 0.125 e. The number of aryl methyl sites for hydroxylation is 1. The summed E-state index contributed by atoms with van der Waals surface area (Å²) in [5.41, 5.74) is 3.60. The lowest BCUT2D eigenvalue weighted by Gasteiger charge is -2.10. The molecule has 3 rings (SSSR count). The van der Waals surface area contributed by atoms with Crippen molar-refractivity contribution in [1.82, 2.24) is 4.98 Å². The number of hydrogen-bond donors (Lipinski definition) is 1. The molecular formula is C17H14ClFN2. The number of pyridine rings is 1. The first kappa shape index (κ1) is 13.8. The molecule has 0 spiro atoms. The van der Waals surface area contributed by atoms with Crippen molar-refractivity contribution in [2.75, 3.05) is 5.32 Å². The molecule has 3 aromatic rings. The molecule has 21 heavy (non-hydrogen) atoms. The second-order valence-electron chi connectivity index (χ2n) is 4.96. The lowest BCUT2D eigenvalue weighted by molar-refractivity contribution is 0.626. The van der Waals surface area contributed by atoms with Gasteiger partial charge in [-0.25, -0.2) is 4.39 Å². The lowest BCUT2D eigenvalue weighted by atomic mass is 10.1.